The molecule has 0 unspecified atom stereocenters. The fraction of sp³-hybridized carbons (Fsp3) is 0.154. The zero-order chi connectivity index (χ0) is 13.8. The number of carbonyl (C=O) groups is 1. The molecule has 2 aromatic rings. The van der Waals surface area contributed by atoms with E-state index in [1.807, 2.05) is 24.3 Å². The van der Waals surface area contributed by atoms with Crippen LogP contribution in [0.4, 0.5) is 11.9 Å². The van der Waals surface area contributed by atoms with E-state index in [0.717, 1.165) is 11.1 Å². The van der Waals surface area contributed by atoms with E-state index in [9.17, 15) is 4.79 Å². The Hall–Kier alpha value is -2.63. The summed E-state index contributed by atoms with van der Waals surface area (Å²) in [6.45, 7) is 5.60. The van der Waals surface area contributed by atoms with Crippen LogP contribution in [0.5, 0.6) is 0 Å². The monoisotopic (exact) mass is 257 g/mol. The second-order valence-corrected chi connectivity index (χ2v) is 4.08. The van der Waals surface area contributed by atoms with Crippen molar-refractivity contribution in [2.75, 3.05) is 11.1 Å². The predicted octanol–water partition coefficient (Wildman–Crippen LogP) is 1.51. The molecule has 98 valence electrons. The Balaban J connectivity index is 2.21. The van der Waals surface area contributed by atoms with E-state index in [1.54, 1.807) is 10.8 Å². The molecule has 1 amide bonds. The molecule has 0 radical (unpaired) electrons. The largest absolute Gasteiger partial charge is 0.366 e. The van der Waals surface area contributed by atoms with Crippen LogP contribution in [0.3, 0.4) is 0 Å². The molecule has 1 aromatic heterocycles. The average Bonchev–Trinajstić information content (AvgIpc) is 2.69. The Labute approximate surface area is 111 Å². The highest BCUT2D eigenvalue weighted by Crippen LogP contribution is 2.11. The minimum absolute atomic E-state index is 0.131. The van der Waals surface area contributed by atoms with Crippen molar-refractivity contribution in [1.82, 2.24) is 14.8 Å². The summed E-state index contributed by atoms with van der Waals surface area (Å²) in [6, 6.07) is 7.85. The Morgan fingerprint density at radius 3 is 2.74 bits per heavy atom. The maximum Gasteiger partial charge on any atom is 0.241 e. The summed E-state index contributed by atoms with van der Waals surface area (Å²) in [5.74, 6) is 0.264. The van der Waals surface area contributed by atoms with E-state index in [0.29, 0.717) is 12.5 Å². The molecule has 2 rings (SSSR count). The van der Waals surface area contributed by atoms with Gasteiger partial charge in [0, 0.05) is 6.92 Å². The Kier molecular flexibility index (Phi) is 3.61. The van der Waals surface area contributed by atoms with Crippen LogP contribution in [-0.2, 0) is 11.3 Å². The molecule has 0 atom stereocenters. The molecule has 1 heterocycles. The molecule has 3 N–H and O–H groups in total. The minimum Gasteiger partial charge on any atom is -0.366 e. The van der Waals surface area contributed by atoms with Gasteiger partial charge in [-0.05, 0) is 11.1 Å². The number of nitrogen functional groups attached to an aromatic ring is 1. The number of hydrogen-bond acceptors (Lipinski definition) is 4. The van der Waals surface area contributed by atoms with Gasteiger partial charge in [0.15, 0.2) is 0 Å². The lowest BCUT2D eigenvalue weighted by atomic mass is 10.1. The third kappa shape index (κ3) is 3.19. The number of nitrogens with one attached hydrogen (secondary N) is 1. The molecule has 0 bridgehead atoms. The van der Waals surface area contributed by atoms with E-state index < -0.39 is 0 Å². The summed E-state index contributed by atoms with van der Waals surface area (Å²) in [5.41, 5.74) is 7.62. The molecule has 0 aliphatic carbocycles. The van der Waals surface area contributed by atoms with E-state index >= 15 is 0 Å². The number of rotatable bonds is 4. The summed E-state index contributed by atoms with van der Waals surface area (Å²) in [6.07, 6.45) is 1.78. The third-order valence-corrected chi connectivity index (χ3v) is 2.52. The van der Waals surface area contributed by atoms with E-state index in [-0.39, 0.29) is 11.9 Å². The minimum atomic E-state index is -0.212. The summed E-state index contributed by atoms with van der Waals surface area (Å²) >= 11 is 0. The lowest BCUT2D eigenvalue weighted by Gasteiger charge is -2.06. The molecule has 0 aliphatic rings. The molecular weight excluding hydrogens is 242 g/mol. The fourth-order valence-corrected chi connectivity index (χ4v) is 1.65. The van der Waals surface area contributed by atoms with Crippen LogP contribution in [0.15, 0.2) is 30.8 Å². The van der Waals surface area contributed by atoms with Gasteiger partial charge in [-0.25, -0.2) is 4.68 Å². The Morgan fingerprint density at radius 2 is 2.16 bits per heavy atom. The second kappa shape index (κ2) is 5.34. The summed E-state index contributed by atoms with van der Waals surface area (Å²) in [4.78, 5) is 15.0. The van der Waals surface area contributed by atoms with E-state index in [2.05, 4.69) is 22.0 Å². The molecular formula is C13H15N5O. The van der Waals surface area contributed by atoms with Crippen LogP contribution < -0.4 is 11.1 Å². The van der Waals surface area contributed by atoms with Crippen LogP contribution in [0.25, 0.3) is 6.08 Å². The van der Waals surface area contributed by atoms with Crippen molar-refractivity contribution in [3.63, 3.8) is 0 Å². The summed E-state index contributed by atoms with van der Waals surface area (Å²) in [7, 11) is 0. The second-order valence-electron chi connectivity index (χ2n) is 4.08. The molecule has 0 spiro atoms. The highest BCUT2D eigenvalue weighted by Gasteiger charge is 2.09. The average molecular weight is 257 g/mol. The standard InChI is InChI=1S/C13H15N5O/c1-3-10-4-6-11(7-5-10)8-18-13(15-9(2)19)16-12(14)17-18/h3-7H,1,8H2,2H3,(H3,14,15,16,17,19). The highest BCUT2D eigenvalue weighted by atomic mass is 16.1. The molecule has 6 heteroatoms. The molecule has 1 aromatic carbocycles. The zero-order valence-electron chi connectivity index (χ0n) is 10.6. The predicted molar refractivity (Wildman–Crippen MR) is 74.4 cm³/mol. The molecule has 0 saturated carbocycles. The highest BCUT2D eigenvalue weighted by molar-refractivity contribution is 5.86. The Morgan fingerprint density at radius 1 is 1.47 bits per heavy atom. The van der Waals surface area contributed by atoms with Crippen molar-refractivity contribution in [3.05, 3.63) is 42.0 Å². The number of carbonyl (C=O) groups excluding carboxylic acids is 1. The van der Waals surface area contributed by atoms with Crippen LogP contribution >= 0.6 is 0 Å². The first kappa shape index (κ1) is 12.8. The van der Waals surface area contributed by atoms with Gasteiger partial charge in [0.1, 0.15) is 0 Å². The molecule has 0 fully saturated rings. The number of nitrogens with zero attached hydrogens (tertiary/aromatic N) is 3. The molecule has 0 aliphatic heterocycles. The SMILES string of the molecule is C=Cc1ccc(Cn2nc(N)nc2NC(C)=O)cc1. The fourth-order valence-electron chi connectivity index (χ4n) is 1.65. The van der Waals surface area contributed by atoms with Crippen LogP contribution in [0, 0.1) is 0 Å². The number of anilines is 2. The number of aromatic nitrogens is 3. The Bertz CT molecular complexity index is 600. The first-order valence-corrected chi connectivity index (χ1v) is 5.78. The van der Waals surface area contributed by atoms with Gasteiger partial charge in [0.2, 0.25) is 17.8 Å². The van der Waals surface area contributed by atoms with E-state index in [4.69, 9.17) is 5.73 Å². The van der Waals surface area contributed by atoms with Crippen molar-refractivity contribution >= 4 is 23.9 Å². The maximum absolute atomic E-state index is 11.1. The normalized spacial score (nSPS) is 10.2. The van der Waals surface area contributed by atoms with Gasteiger partial charge >= 0.3 is 0 Å². The molecule has 19 heavy (non-hydrogen) atoms. The zero-order valence-corrected chi connectivity index (χ0v) is 10.6. The lowest BCUT2D eigenvalue weighted by Crippen LogP contribution is -2.13. The number of amides is 1. The quantitative estimate of drug-likeness (QED) is 0.869. The van der Waals surface area contributed by atoms with E-state index in [1.165, 1.54) is 6.92 Å². The molecule has 0 saturated heterocycles. The smallest absolute Gasteiger partial charge is 0.241 e. The van der Waals surface area contributed by atoms with Crippen LogP contribution in [0.2, 0.25) is 0 Å². The van der Waals surface area contributed by atoms with Gasteiger partial charge < -0.3 is 5.73 Å². The van der Waals surface area contributed by atoms with Gasteiger partial charge in [0.05, 0.1) is 6.54 Å². The van der Waals surface area contributed by atoms with Gasteiger partial charge in [-0.2, -0.15) is 4.98 Å². The van der Waals surface area contributed by atoms with Gasteiger partial charge in [-0.1, -0.05) is 36.9 Å². The summed E-state index contributed by atoms with van der Waals surface area (Å²) < 4.78 is 1.56. The first-order valence-electron chi connectivity index (χ1n) is 5.78. The van der Waals surface area contributed by atoms with Gasteiger partial charge in [-0.15, -0.1) is 5.10 Å². The van der Waals surface area contributed by atoms with Gasteiger partial charge in [-0.3, -0.25) is 10.1 Å². The van der Waals surface area contributed by atoms with Crippen LogP contribution in [0.1, 0.15) is 18.1 Å². The number of nitrogens with two attached hydrogens (primary N) is 1. The third-order valence-electron chi connectivity index (χ3n) is 2.52. The summed E-state index contributed by atoms with van der Waals surface area (Å²) in [5, 5.41) is 6.64. The molecule has 6 nitrogen and oxygen atoms in total. The van der Waals surface area contributed by atoms with Crippen molar-refractivity contribution in [1.29, 1.82) is 0 Å². The van der Waals surface area contributed by atoms with Gasteiger partial charge in [0.25, 0.3) is 0 Å². The number of benzene rings is 1. The van der Waals surface area contributed by atoms with Crippen molar-refractivity contribution < 1.29 is 4.79 Å². The topological polar surface area (TPSA) is 85.8 Å². The first-order chi connectivity index (χ1) is 9.08. The number of hydrogen-bond donors (Lipinski definition) is 2. The van der Waals surface area contributed by atoms with Crippen molar-refractivity contribution in [2.45, 2.75) is 13.5 Å². The van der Waals surface area contributed by atoms with Crippen LogP contribution in [-0.4, -0.2) is 20.7 Å². The maximum atomic E-state index is 11.1. The van der Waals surface area contributed by atoms with Crippen molar-refractivity contribution in [2.24, 2.45) is 0 Å². The lowest BCUT2D eigenvalue weighted by molar-refractivity contribution is -0.114. The van der Waals surface area contributed by atoms with Crippen molar-refractivity contribution in [3.8, 4) is 0 Å².